The second kappa shape index (κ2) is 19.2. The molecule has 12 nitrogen and oxygen atoms in total. The van der Waals surface area contributed by atoms with E-state index in [9.17, 15) is 13.2 Å². The number of aromatic nitrogens is 1. The van der Waals surface area contributed by atoms with Crippen LogP contribution in [0.25, 0.3) is 10.2 Å². The fourth-order valence-corrected chi connectivity index (χ4v) is 10.5. The minimum absolute atomic E-state index is 0.0215. The molecule has 316 valence electrons. The van der Waals surface area contributed by atoms with Crippen LogP contribution in [-0.2, 0) is 21.3 Å². The van der Waals surface area contributed by atoms with Crippen molar-refractivity contribution in [3.05, 3.63) is 66.0 Å². The fraction of sp³-hybridized carbons (Fsp3) is 0.535. The van der Waals surface area contributed by atoms with Crippen LogP contribution in [0.3, 0.4) is 0 Å². The molecule has 0 radical (unpaired) electrons. The topological polar surface area (TPSA) is 132 Å². The van der Waals surface area contributed by atoms with E-state index in [-0.39, 0.29) is 23.8 Å². The minimum atomic E-state index is -4.49. The molecule has 15 heteroatoms. The van der Waals surface area contributed by atoms with Gasteiger partial charge in [-0.05, 0) is 121 Å². The standard InChI is InChI=1S/C43H58FN5O7S2/c1-43(2,3)56-42(50)45-22-11-23-48(4)37-15-10-9-14-35(37)46-31-17-21-40(34(44)24-31)58(51,52)49(27-30-16-18-32(53-5)25-38(30)54-6)41-47-36-20-19-33(26-39(36)57-41)55-28-29-12-7-8-13-29/h16-21,24-26,29,35,37,46H,7-15,22-23,27-28H2,1-6H3,(H,45,50)/t35-,37-/m0/s1. The van der Waals surface area contributed by atoms with Gasteiger partial charge in [0.2, 0.25) is 5.13 Å². The summed E-state index contributed by atoms with van der Waals surface area (Å²) in [6.45, 7) is 7.21. The number of ether oxygens (including phenoxy) is 4. The number of nitrogens with one attached hydrogen (secondary N) is 2. The molecule has 2 saturated carbocycles. The number of anilines is 2. The summed E-state index contributed by atoms with van der Waals surface area (Å²) in [7, 11) is 0.618. The predicted molar refractivity (Wildman–Crippen MR) is 228 cm³/mol. The van der Waals surface area contributed by atoms with Crippen LogP contribution < -0.4 is 29.1 Å². The molecular formula is C43H58FN5O7S2. The van der Waals surface area contributed by atoms with Gasteiger partial charge >= 0.3 is 6.09 Å². The Morgan fingerprint density at radius 1 is 0.948 bits per heavy atom. The molecule has 1 heterocycles. The SMILES string of the molecule is COc1ccc(CN(c2nc3ccc(OCC4CCCC4)cc3s2)S(=O)(=O)c2ccc(N[C@H]3CCCC[C@@H]3N(C)CCCNC(=O)OC(C)(C)C)cc2F)c(OC)c1. The molecule has 4 aromatic rings. The molecular weight excluding hydrogens is 782 g/mol. The van der Waals surface area contributed by atoms with Crippen molar-refractivity contribution in [2.75, 3.05) is 50.6 Å². The zero-order valence-corrected chi connectivity index (χ0v) is 36.1. The van der Waals surface area contributed by atoms with Crippen molar-refractivity contribution in [3.8, 4) is 17.2 Å². The number of carbonyl (C=O) groups is 1. The molecule has 1 amide bonds. The first-order valence-corrected chi connectivity index (χ1v) is 22.5. The third-order valence-electron chi connectivity index (χ3n) is 10.8. The first-order valence-electron chi connectivity index (χ1n) is 20.2. The van der Waals surface area contributed by atoms with Gasteiger partial charge in [-0.15, -0.1) is 0 Å². The van der Waals surface area contributed by atoms with E-state index in [1.54, 1.807) is 31.4 Å². The van der Waals surface area contributed by atoms with Gasteiger partial charge in [0.1, 0.15) is 33.6 Å². The monoisotopic (exact) mass is 839 g/mol. The van der Waals surface area contributed by atoms with Crippen LogP contribution in [0.4, 0.5) is 20.0 Å². The number of halogens is 1. The maximum atomic E-state index is 16.3. The second-order valence-electron chi connectivity index (χ2n) is 16.3. The molecule has 2 atom stereocenters. The molecule has 0 bridgehead atoms. The molecule has 0 unspecified atom stereocenters. The number of carbonyl (C=O) groups excluding carboxylic acids is 1. The summed E-state index contributed by atoms with van der Waals surface area (Å²) in [5, 5.41) is 6.52. The number of hydrogen-bond donors (Lipinski definition) is 2. The highest BCUT2D eigenvalue weighted by Gasteiger charge is 2.33. The van der Waals surface area contributed by atoms with Gasteiger partial charge in [-0.3, -0.25) is 0 Å². The van der Waals surface area contributed by atoms with E-state index in [1.165, 1.54) is 56.3 Å². The maximum absolute atomic E-state index is 16.3. The Morgan fingerprint density at radius 2 is 1.69 bits per heavy atom. The van der Waals surface area contributed by atoms with Crippen molar-refractivity contribution in [2.45, 2.75) is 108 Å². The van der Waals surface area contributed by atoms with Gasteiger partial charge in [-0.1, -0.05) is 37.0 Å². The average molecular weight is 840 g/mol. The number of thiazole rings is 1. The van der Waals surface area contributed by atoms with Gasteiger partial charge in [0.05, 0.1) is 37.6 Å². The van der Waals surface area contributed by atoms with Gasteiger partial charge in [0.15, 0.2) is 0 Å². The third kappa shape index (κ3) is 11.0. The molecule has 2 aliphatic carbocycles. The molecule has 6 rings (SSSR count). The zero-order chi connectivity index (χ0) is 41.5. The van der Waals surface area contributed by atoms with Crippen molar-refractivity contribution in [3.63, 3.8) is 0 Å². The van der Waals surface area contributed by atoms with Gasteiger partial charge in [0, 0.05) is 35.9 Å². The molecule has 2 aliphatic rings. The van der Waals surface area contributed by atoms with E-state index >= 15 is 4.39 Å². The van der Waals surface area contributed by atoms with Crippen molar-refractivity contribution < 1.29 is 36.6 Å². The Morgan fingerprint density at radius 3 is 2.41 bits per heavy atom. The zero-order valence-electron chi connectivity index (χ0n) is 34.5. The first-order chi connectivity index (χ1) is 27.7. The summed E-state index contributed by atoms with van der Waals surface area (Å²) < 4.78 is 70.0. The number of hydrogen-bond acceptors (Lipinski definition) is 11. The van der Waals surface area contributed by atoms with Crippen LogP contribution in [0, 0.1) is 11.7 Å². The van der Waals surface area contributed by atoms with Gasteiger partial charge in [-0.25, -0.2) is 26.9 Å². The minimum Gasteiger partial charge on any atom is -0.497 e. The van der Waals surface area contributed by atoms with E-state index in [1.807, 2.05) is 39.0 Å². The molecule has 2 fully saturated rings. The summed E-state index contributed by atoms with van der Waals surface area (Å²) in [6.07, 6.45) is 9.04. The molecule has 0 saturated heterocycles. The smallest absolute Gasteiger partial charge is 0.407 e. The summed E-state index contributed by atoms with van der Waals surface area (Å²) >= 11 is 1.21. The third-order valence-corrected chi connectivity index (χ3v) is 13.8. The second-order valence-corrected chi connectivity index (χ2v) is 19.1. The predicted octanol–water partition coefficient (Wildman–Crippen LogP) is 8.99. The highest BCUT2D eigenvalue weighted by molar-refractivity contribution is 7.93. The number of nitrogens with zero attached hydrogens (tertiary/aromatic N) is 3. The lowest BCUT2D eigenvalue weighted by atomic mass is 9.89. The summed E-state index contributed by atoms with van der Waals surface area (Å²) in [4.78, 5) is 18.6. The normalized spacial score (nSPS) is 17.7. The number of methoxy groups -OCH3 is 2. The van der Waals surface area contributed by atoms with Crippen LogP contribution in [-0.4, -0.2) is 83.0 Å². The number of likely N-dealkylation sites (N-methyl/N-ethyl adjacent to an activating group) is 1. The Kier molecular flexibility index (Phi) is 14.3. The number of fused-ring (bicyclic) bond motifs is 1. The van der Waals surface area contributed by atoms with E-state index in [4.69, 9.17) is 23.9 Å². The number of alkyl carbamates (subject to hydrolysis) is 1. The van der Waals surface area contributed by atoms with E-state index in [2.05, 4.69) is 22.6 Å². The van der Waals surface area contributed by atoms with Crippen LogP contribution in [0.5, 0.6) is 17.2 Å². The lowest BCUT2D eigenvalue weighted by Gasteiger charge is -2.39. The van der Waals surface area contributed by atoms with Gasteiger partial charge in [0.25, 0.3) is 10.0 Å². The fourth-order valence-electron chi connectivity index (χ4n) is 7.81. The first kappa shape index (κ1) is 43.2. The largest absolute Gasteiger partial charge is 0.497 e. The molecule has 1 aromatic heterocycles. The summed E-state index contributed by atoms with van der Waals surface area (Å²) in [5.41, 5.74) is 1.11. The van der Waals surface area contributed by atoms with E-state index in [0.29, 0.717) is 53.1 Å². The van der Waals surface area contributed by atoms with E-state index < -0.39 is 32.4 Å². The summed E-state index contributed by atoms with van der Waals surface area (Å²) in [6, 6.07) is 15.1. The number of sulfonamides is 1. The van der Waals surface area contributed by atoms with Gasteiger partial charge in [-0.2, -0.15) is 0 Å². The quantitative estimate of drug-likeness (QED) is 0.0994. The Hall–Kier alpha value is -4.34. The Labute approximate surface area is 346 Å². The molecule has 0 spiro atoms. The van der Waals surface area contributed by atoms with Gasteiger partial charge < -0.3 is 34.5 Å². The van der Waals surface area contributed by atoms with Crippen LogP contribution in [0.2, 0.25) is 0 Å². The van der Waals surface area contributed by atoms with Crippen LogP contribution in [0.15, 0.2) is 59.5 Å². The Balaban J connectivity index is 1.21. The number of rotatable bonds is 17. The number of benzene rings is 3. The van der Waals surface area contributed by atoms with Crippen molar-refractivity contribution >= 4 is 48.5 Å². The van der Waals surface area contributed by atoms with Crippen LogP contribution >= 0.6 is 11.3 Å². The molecule has 58 heavy (non-hydrogen) atoms. The average Bonchev–Trinajstić information content (AvgIpc) is 3.87. The summed E-state index contributed by atoms with van der Waals surface area (Å²) in [5.74, 6) is 1.36. The highest BCUT2D eigenvalue weighted by atomic mass is 32.2. The van der Waals surface area contributed by atoms with Crippen molar-refractivity contribution in [1.82, 2.24) is 15.2 Å². The molecule has 2 N–H and O–H groups in total. The lowest BCUT2D eigenvalue weighted by Crippen LogP contribution is -2.47. The maximum Gasteiger partial charge on any atom is 0.407 e. The Bertz CT molecular complexity index is 2120. The van der Waals surface area contributed by atoms with Crippen molar-refractivity contribution in [2.24, 2.45) is 5.92 Å². The van der Waals surface area contributed by atoms with Crippen molar-refractivity contribution in [1.29, 1.82) is 0 Å². The molecule has 3 aromatic carbocycles. The van der Waals surface area contributed by atoms with Crippen LogP contribution in [0.1, 0.15) is 84.1 Å². The number of amides is 1. The van der Waals surface area contributed by atoms with E-state index in [0.717, 1.165) is 47.7 Å². The molecule has 0 aliphatic heterocycles. The lowest BCUT2D eigenvalue weighted by molar-refractivity contribution is 0.0524. The highest BCUT2D eigenvalue weighted by Crippen LogP contribution is 2.38.